The molecule has 2 atom stereocenters. The van der Waals surface area contributed by atoms with E-state index in [9.17, 15) is 18.0 Å². The highest BCUT2D eigenvalue weighted by molar-refractivity contribution is 5.96. The number of hydrogen-bond acceptors (Lipinski definition) is 2. The number of carbonyl (C=O) groups is 1. The number of H-pyrrole nitrogens is 1. The first-order valence-electron chi connectivity index (χ1n) is 11.2. The van der Waals surface area contributed by atoms with Gasteiger partial charge in [0.1, 0.15) is 6.17 Å². The summed E-state index contributed by atoms with van der Waals surface area (Å²) in [4.78, 5) is 18.9. The lowest BCUT2D eigenvalue weighted by molar-refractivity contribution is -0.137. The minimum Gasteiger partial charge on any atom is -0.364 e. The van der Waals surface area contributed by atoms with E-state index in [-0.39, 0.29) is 17.6 Å². The molecule has 0 radical (unpaired) electrons. The Bertz CT molecular complexity index is 1420. The Balaban J connectivity index is 1.45. The van der Waals surface area contributed by atoms with Gasteiger partial charge in [0.2, 0.25) is 0 Å². The maximum Gasteiger partial charge on any atom is 0.416 e. The first-order chi connectivity index (χ1) is 16.3. The number of aryl methyl sites for hydroxylation is 1. The second-order valence-electron chi connectivity index (χ2n) is 9.06. The topological polar surface area (TPSA) is 48.1 Å². The average molecular weight is 461 g/mol. The Morgan fingerprint density at radius 1 is 1.00 bits per heavy atom. The van der Waals surface area contributed by atoms with Crippen molar-refractivity contribution in [2.75, 3.05) is 11.9 Å². The lowest BCUT2D eigenvalue weighted by Crippen LogP contribution is -2.47. The molecule has 2 unspecified atom stereocenters. The van der Waals surface area contributed by atoms with Gasteiger partial charge in [-0.1, -0.05) is 36.4 Å². The highest BCUT2D eigenvalue weighted by Gasteiger charge is 2.57. The zero-order valence-electron chi connectivity index (χ0n) is 18.4. The third-order valence-corrected chi connectivity index (χ3v) is 7.36. The third-order valence-electron chi connectivity index (χ3n) is 7.36. The van der Waals surface area contributed by atoms with Gasteiger partial charge in [-0.15, -0.1) is 0 Å². The van der Waals surface area contributed by atoms with E-state index in [1.54, 1.807) is 4.90 Å². The number of anilines is 1. The third kappa shape index (κ3) is 2.82. The van der Waals surface area contributed by atoms with Crippen molar-refractivity contribution in [3.8, 4) is 0 Å². The van der Waals surface area contributed by atoms with Crippen LogP contribution in [0.1, 0.15) is 39.2 Å². The number of nitrogens with one attached hydrogen (secondary N) is 2. The number of nitrogens with zero attached hydrogens (tertiary/aromatic N) is 1. The molecule has 34 heavy (non-hydrogen) atoms. The molecule has 4 aromatic rings. The molecule has 3 heterocycles. The summed E-state index contributed by atoms with van der Waals surface area (Å²) >= 11 is 0. The Kier molecular flexibility index (Phi) is 4.37. The lowest BCUT2D eigenvalue weighted by atomic mass is 9.75. The van der Waals surface area contributed by atoms with E-state index in [0.717, 1.165) is 45.5 Å². The van der Waals surface area contributed by atoms with E-state index in [0.29, 0.717) is 13.0 Å². The summed E-state index contributed by atoms with van der Waals surface area (Å²) in [6, 6.07) is 20.7. The number of para-hydroxylation sites is 2. The number of likely N-dealkylation sites (tertiary alicyclic amines) is 1. The summed E-state index contributed by atoms with van der Waals surface area (Å²) in [5, 5.41) is 4.69. The van der Waals surface area contributed by atoms with Crippen LogP contribution in [0.15, 0.2) is 72.8 Å². The summed E-state index contributed by atoms with van der Waals surface area (Å²) in [5.41, 5.74) is 4.34. The number of amides is 1. The fourth-order valence-corrected chi connectivity index (χ4v) is 5.77. The van der Waals surface area contributed by atoms with Crippen LogP contribution in [0, 0.1) is 6.92 Å². The molecule has 0 bridgehead atoms. The van der Waals surface area contributed by atoms with Gasteiger partial charge in [0.15, 0.2) is 0 Å². The zero-order chi connectivity index (χ0) is 23.7. The summed E-state index contributed by atoms with van der Waals surface area (Å²) in [5.74, 6) is -0.283. The van der Waals surface area contributed by atoms with Crippen molar-refractivity contribution in [1.82, 2.24) is 9.88 Å². The monoisotopic (exact) mass is 461 g/mol. The largest absolute Gasteiger partial charge is 0.416 e. The maximum atomic E-state index is 13.5. The molecule has 1 fully saturated rings. The summed E-state index contributed by atoms with van der Waals surface area (Å²) in [6.45, 7) is 2.59. The highest BCUT2D eigenvalue weighted by Crippen LogP contribution is 2.54. The Morgan fingerprint density at radius 3 is 2.44 bits per heavy atom. The van der Waals surface area contributed by atoms with Crippen LogP contribution in [0.4, 0.5) is 18.9 Å². The van der Waals surface area contributed by atoms with E-state index >= 15 is 0 Å². The fraction of sp³-hybridized carbons (Fsp3) is 0.222. The van der Waals surface area contributed by atoms with Crippen molar-refractivity contribution in [3.05, 3.63) is 101 Å². The van der Waals surface area contributed by atoms with Gasteiger partial charge in [0, 0.05) is 34.4 Å². The molecule has 7 heteroatoms. The van der Waals surface area contributed by atoms with Crippen molar-refractivity contribution in [1.29, 1.82) is 0 Å². The zero-order valence-corrected chi connectivity index (χ0v) is 18.4. The minimum absolute atomic E-state index is 0.245. The normalized spacial score (nSPS) is 21.4. The molecule has 6 rings (SSSR count). The molecule has 1 aromatic heterocycles. The molecule has 0 saturated carbocycles. The molecular weight excluding hydrogens is 439 g/mol. The quantitative estimate of drug-likeness (QED) is 0.380. The molecule has 2 aliphatic rings. The molecule has 1 saturated heterocycles. The van der Waals surface area contributed by atoms with Gasteiger partial charge in [0.05, 0.1) is 11.0 Å². The van der Waals surface area contributed by atoms with Gasteiger partial charge in [-0.3, -0.25) is 4.79 Å². The molecule has 4 nitrogen and oxygen atoms in total. The van der Waals surface area contributed by atoms with Crippen molar-refractivity contribution < 1.29 is 18.0 Å². The number of alkyl halides is 3. The van der Waals surface area contributed by atoms with E-state index in [2.05, 4.69) is 29.4 Å². The molecule has 1 amide bonds. The van der Waals surface area contributed by atoms with Crippen LogP contribution >= 0.6 is 0 Å². The fourth-order valence-electron chi connectivity index (χ4n) is 5.77. The van der Waals surface area contributed by atoms with Crippen LogP contribution in [0.2, 0.25) is 0 Å². The van der Waals surface area contributed by atoms with Crippen LogP contribution in [0.25, 0.3) is 10.9 Å². The van der Waals surface area contributed by atoms with Gasteiger partial charge in [-0.2, -0.15) is 13.2 Å². The molecular formula is C27H22F3N3O. The van der Waals surface area contributed by atoms with Gasteiger partial charge < -0.3 is 15.2 Å². The van der Waals surface area contributed by atoms with Crippen LogP contribution in [-0.4, -0.2) is 28.5 Å². The van der Waals surface area contributed by atoms with Crippen LogP contribution in [0.3, 0.4) is 0 Å². The first-order valence-corrected chi connectivity index (χ1v) is 11.2. The molecule has 0 spiro atoms. The lowest BCUT2D eigenvalue weighted by Gasteiger charge is -2.33. The number of rotatable bonds is 2. The highest BCUT2D eigenvalue weighted by atomic mass is 19.4. The van der Waals surface area contributed by atoms with Gasteiger partial charge in [-0.05, 0) is 60.9 Å². The first kappa shape index (κ1) is 20.8. The van der Waals surface area contributed by atoms with Crippen molar-refractivity contribution in [2.24, 2.45) is 0 Å². The Labute approximate surface area is 194 Å². The number of carbonyl (C=O) groups excluding carboxylic acids is 1. The van der Waals surface area contributed by atoms with E-state index in [4.69, 9.17) is 0 Å². The Hall–Kier alpha value is -3.74. The number of fused-ring (bicyclic) bond motifs is 4. The van der Waals surface area contributed by atoms with Crippen molar-refractivity contribution in [2.45, 2.75) is 31.1 Å². The van der Waals surface area contributed by atoms with Gasteiger partial charge in [0.25, 0.3) is 5.91 Å². The second kappa shape index (κ2) is 7.13. The smallest absolute Gasteiger partial charge is 0.364 e. The molecule has 2 aliphatic heterocycles. The molecule has 172 valence electrons. The van der Waals surface area contributed by atoms with E-state index < -0.39 is 17.2 Å². The minimum atomic E-state index is -4.44. The predicted molar refractivity (Wildman–Crippen MR) is 125 cm³/mol. The molecule has 2 N–H and O–H groups in total. The second-order valence-corrected chi connectivity index (χ2v) is 9.06. The maximum absolute atomic E-state index is 13.5. The number of halogens is 3. The molecule has 0 aliphatic carbocycles. The summed E-state index contributed by atoms with van der Waals surface area (Å²) < 4.78 is 39.0. The predicted octanol–water partition coefficient (Wildman–Crippen LogP) is 6.08. The molecule has 3 aromatic carbocycles. The van der Waals surface area contributed by atoms with Crippen LogP contribution < -0.4 is 5.32 Å². The number of aromatic amines is 1. The van der Waals surface area contributed by atoms with Crippen molar-refractivity contribution >= 4 is 22.5 Å². The Morgan fingerprint density at radius 2 is 1.71 bits per heavy atom. The van der Waals surface area contributed by atoms with Gasteiger partial charge >= 0.3 is 6.18 Å². The summed E-state index contributed by atoms with van der Waals surface area (Å²) in [7, 11) is 0. The standard InChI is InChI=1S/C27H22F3N3O/c1-16-19-6-2-4-8-21(19)31-23(16)26-14-15-33(25(26)32-22-9-5-3-7-20(22)26)24(34)17-10-12-18(13-11-17)27(28,29)30/h2-13,25,31-32H,14-15H2,1H3. The van der Waals surface area contributed by atoms with Crippen molar-refractivity contribution in [3.63, 3.8) is 0 Å². The van der Waals surface area contributed by atoms with Crippen LogP contribution in [0.5, 0.6) is 0 Å². The van der Waals surface area contributed by atoms with E-state index in [1.807, 2.05) is 36.4 Å². The average Bonchev–Trinajstić information content (AvgIpc) is 3.47. The number of benzene rings is 3. The summed E-state index contributed by atoms with van der Waals surface area (Å²) in [6.07, 6.45) is -4.10. The number of hydrogen-bond donors (Lipinski definition) is 2. The van der Waals surface area contributed by atoms with Crippen LogP contribution in [-0.2, 0) is 11.6 Å². The SMILES string of the molecule is Cc1c(C23CCN(C(=O)c4ccc(C(F)(F)F)cc4)C2Nc2ccccc23)[nH]c2ccccc12. The van der Waals surface area contributed by atoms with E-state index in [1.165, 1.54) is 12.1 Å². The van der Waals surface area contributed by atoms with Gasteiger partial charge in [-0.25, -0.2) is 0 Å². The number of aromatic nitrogens is 1.